The molecule has 0 heterocycles. The quantitative estimate of drug-likeness (QED) is 0.390. The molecule has 1 atom stereocenters. The van der Waals surface area contributed by atoms with Crippen LogP contribution in [-0.4, -0.2) is 3.71 Å². The van der Waals surface area contributed by atoms with Crippen molar-refractivity contribution in [1.82, 2.24) is 0 Å². The van der Waals surface area contributed by atoms with Crippen molar-refractivity contribution >= 4 is 3.71 Å². The monoisotopic (exact) mass is 662 g/mol. The Bertz CT molecular complexity index is 1490. The Balaban J connectivity index is 0.00000231. The number of allylic oxidation sites excluding steroid dienone is 4. The third kappa shape index (κ3) is 6.25. The normalized spacial score (nSPS) is 16.9. The summed E-state index contributed by atoms with van der Waals surface area (Å²) in [4.78, 5) is 0. The second kappa shape index (κ2) is 12.2. The molecule has 2 aliphatic carbocycles. The Kier molecular flexibility index (Phi) is 10.1. The van der Waals surface area contributed by atoms with Gasteiger partial charge in [-0.2, -0.15) is 0 Å². The number of rotatable bonds is 3. The zero-order chi connectivity index (χ0) is 28.4. The average Bonchev–Trinajstić information content (AvgIpc) is 3.29. The minimum absolute atomic E-state index is 0. The second-order valence-corrected chi connectivity index (χ2v) is 19.8. The third-order valence-electron chi connectivity index (χ3n) is 9.41. The van der Waals surface area contributed by atoms with Gasteiger partial charge in [-0.25, -0.2) is 0 Å². The molecule has 0 radical (unpaired) electrons. The van der Waals surface area contributed by atoms with Crippen LogP contribution < -0.4 is 24.8 Å². The van der Waals surface area contributed by atoms with Crippen LogP contribution in [0.15, 0.2) is 80.7 Å². The Labute approximate surface area is 269 Å². The molecule has 1 unspecified atom stereocenters. The SMILES string of the molecule is CC1=C(C)C(C)[C](/[Zr+2](=[CH]/c2ccc(C)cc2)[CH]2c3ccc(C(C)(C)C)cc3-c3cc(C(C)(C)C)ccc32)=C1C.[Cl-].[Cl-]. The molecule has 5 rings (SSSR count). The standard InChI is InChI=1S/C21H25.C9H13.C8H8.2ClH.Zr/c1-20(2,3)16-9-7-14-11-15-8-10-17(21(4,5)6)13-19(15)18(14)12-16;1-6-5-7(2)9(4)8(6)3;1-7-3-5-8(2)6-4-7;;;/h7-13H,1-6H3;6H,1-4H3;1,3-6H,2H3;2*1H;/q;;;;;+2/p-2. The van der Waals surface area contributed by atoms with Gasteiger partial charge in [0.2, 0.25) is 0 Å². The summed E-state index contributed by atoms with van der Waals surface area (Å²) in [6.07, 6.45) is 0. The fourth-order valence-corrected chi connectivity index (χ4v) is 15.6. The molecule has 0 bridgehead atoms. The molecule has 41 heavy (non-hydrogen) atoms. The predicted molar refractivity (Wildman–Crippen MR) is 168 cm³/mol. The number of halogens is 2. The Hall–Kier alpha value is -1.53. The fourth-order valence-electron chi connectivity index (χ4n) is 6.51. The molecule has 3 aromatic rings. The van der Waals surface area contributed by atoms with Gasteiger partial charge >= 0.3 is 247 Å². The van der Waals surface area contributed by atoms with Crippen molar-refractivity contribution in [2.24, 2.45) is 5.92 Å². The molecule has 2 aliphatic rings. The Morgan fingerprint density at radius 1 is 0.634 bits per heavy atom. The van der Waals surface area contributed by atoms with E-state index in [-0.39, 0.29) is 35.6 Å². The van der Waals surface area contributed by atoms with E-state index >= 15 is 0 Å². The van der Waals surface area contributed by atoms with E-state index in [1.807, 2.05) is 0 Å². The summed E-state index contributed by atoms with van der Waals surface area (Å²) in [5, 5.41) is 0. The molecule has 0 amide bonds. The van der Waals surface area contributed by atoms with Crippen molar-refractivity contribution in [1.29, 1.82) is 0 Å². The molecule has 3 aromatic carbocycles. The molecule has 0 spiro atoms. The van der Waals surface area contributed by atoms with Gasteiger partial charge in [0.05, 0.1) is 0 Å². The van der Waals surface area contributed by atoms with E-state index in [1.165, 1.54) is 39.0 Å². The van der Waals surface area contributed by atoms with Gasteiger partial charge in [-0.15, -0.1) is 0 Å². The average molecular weight is 665 g/mol. The summed E-state index contributed by atoms with van der Waals surface area (Å²) >= 11 is -2.46. The van der Waals surface area contributed by atoms with E-state index in [4.69, 9.17) is 0 Å². The van der Waals surface area contributed by atoms with Crippen LogP contribution in [0, 0.1) is 12.8 Å². The minimum Gasteiger partial charge on any atom is -1.00 e. The number of hydrogen-bond donors (Lipinski definition) is 0. The molecule has 3 heteroatoms. The molecule has 0 N–H and O–H groups in total. The van der Waals surface area contributed by atoms with Gasteiger partial charge < -0.3 is 24.8 Å². The van der Waals surface area contributed by atoms with Gasteiger partial charge in [-0.1, -0.05) is 0 Å². The van der Waals surface area contributed by atoms with Crippen molar-refractivity contribution in [2.75, 3.05) is 0 Å². The summed E-state index contributed by atoms with van der Waals surface area (Å²) < 4.78 is 5.05. The summed E-state index contributed by atoms with van der Waals surface area (Å²) in [7, 11) is 0. The van der Waals surface area contributed by atoms with E-state index in [1.54, 1.807) is 25.6 Å². The molecule has 216 valence electrons. The Morgan fingerprint density at radius 2 is 1.10 bits per heavy atom. The summed E-state index contributed by atoms with van der Waals surface area (Å²) in [6.45, 7) is 25.8. The van der Waals surface area contributed by atoms with Gasteiger partial charge in [0, 0.05) is 0 Å². The molecule has 0 nitrogen and oxygen atoms in total. The van der Waals surface area contributed by atoms with E-state index in [9.17, 15) is 0 Å². The van der Waals surface area contributed by atoms with Crippen molar-refractivity contribution in [3.05, 3.63) is 114 Å². The van der Waals surface area contributed by atoms with E-state index in [0.717, 1.165) is 0 Å². The van der Waals surface area contributed by atoms with Crippen LogP contribution in [-0.2, 0) is 32.1 Å². The van der Waals surface area contributed by atoms with Crippen molar-refractivity contribution in [3.63, 3.8) is 0 Å². The molecule has 0 saturated carbocycles. The van der Waals surface area contributed by atoms with E-state index in [0.29, 0.717) is 9.54 Å². The third-order valence-corrected chi connectivity index (χ3v) is 17.6. The zero-order valence-electron chi connectivity index (χ0n) is 26.8. The number of benzene rings is 3. The van der Waals surface area contributed by atoms with E-state index < -0.39 is 21.3 Å². The fraction of sp³-hybridized carbons (Fsp3) is 0.395. The molecule has 0 fully saturated rings. The molecule has 0 aliphatic heterocycles. The first-order valence-electron chi connectivity index (χ1n) is 14.6. The van der Waals surface area contributed by atoms with Gasteiger partial charge in [0.1, 0.15) is 0 Å². The smallest absolute Gasteiger partial charge is 1.00 e. The van der Waals surface area contributed by atoms with Crippen LogP contribution in [0.4, 0.5) is 0 Å². The van der Waals surface area contributed by atoms with Crippen LogP contribution in [0.5, 0.6) is 0 Å². The number of aryl methyl sites for hydroxylation is 1. The van der Waals surface area contributed by atoms with Crippen LogP contribution in [0.2, 0.25) is 0 Å². The second-order valence-electron chi connectivity index (χ2n) is 14.1. The maximum atomic E-state index is 2.77. The van der Waals surface area contributed by atoms with Crippen LogP contribution in [0.1, 0.15) is 106 Å². The van der Waals surface area contributed by atoms with Crippen LogP contribution in [0.3, 0.4) is 0 Å². The molecular weight excluding hydrogens is 619 g/mol. The zero-order valence-corrected chi connectivity index (χ0v) is 30.7. The van der Waals surface area contributed by atoms with Gasteiger partial charge in [0.15, 0.2) is 0 Å². The maximum Gasteiger partial charge on any atom is -1.00 e. The number of fused-ring (bicyclic) bond motifs is 3. The van der Waals surface area contributed by atoms with Crippen molar-refractivity contribution in [2.45, 2.75) is 90.6 Å². The van der Waals surface area contributed by atoms with Crippen molar-refractivity contribution in [3.8, 4) is 11.1 Å². The van der Waals surface area contributed by atoms with Gasteiger partial charge in [0.25, 0.3) is 0 Å². The van der Waals surface area contributed by atoms with Crippen LogP contribution >= 0.6 is 0 Å². The van der Waals surface area contributed by atoms with Crippen molar-refractivity contribution < 1.29 is 46.1 Å². The Morgan fingerprint density at radius 3 is 1.49 bits per heavy atom. The first-order chi connectivity index (χ1) is 18.2. The number of hydrogen-bond acceptors (Lipinski definition) is 0. The van der Waals surface area contributed by atoms with Gasteiger partial charge in [-0.3, -0.25) is 0 Å². The maximum absolute atomic E-state index is 2.77. The largest absolute Gasteiger partial charge is 1.00 e. The molecule has 0 aromatic heterocycles. The van der Waals surface area contributed by atoms with Gasteiger partial charge in [-0.05, 0) is 0 Å². The summed E-state index contributed by atoms with van der Waals surface area (Å²) in [5.41, 5.74) is 16.6. The summed E-state index contributed by atoms with van der Waals surface area (Å²) in [6, 6.07) is 24.2. The topological polar surface area (TPSA) is 0 Å². The molecule has 0 saturated heterocycles. The summed E-state index contributed by atoms with van der Waals surface area (Å²) in [5.74, 6) is 0.538. The predicted octanol–water partition coefficient (Wildman–Crippen LogP) is 4.40. The first-order valence-corrected chi connectivity index (χ1v) is 18.7. The minimum atomic E-state index is -2.46. The molecular formula is C38H46Cl2Zr. The first kappa shape index (κ1) is 34.0. The van der Waals surface area contributed by atoms with E-state index in [2.05, 4.69) is 141 Å². The van der Waals surface area contributed by atoms with Crippen LogP contribution in [0.25, 0.3) is 11.1 Å².